The van der Waals surface area contributed by atoms with Crippen LogP contribution in [0.5, 0.6) is 0 Å². The molecule has 1 aromatic heterocycles. The molecule has 0 fully saturated rings. The van der Waals surface area contributed by atoms with Gasteiger partial charge in [-0.05, 0) is 13.8 Å². The summed E-state index contributed by atoms with van der Waals surface area (Å²) in [7, 11) is 1.86. The third-order valence-electron chi connectivity index (χ3n) is 1.92. The zero-order valence-electron chi connectivity index (χ0n) is 8.15. The van der Waals surface area contributed by atoms with Crippen molar-refractivity contribution in [1.82, 2.24) is 9.36 Å². The first-order valence-electron chi connectivity index (χ1n) is 4.01. The van der Waals surface area contributed by atoms with Gasteiger partial charge >= 0.3 is 0 Å². The Morgan fingerprint density at radius 1 is 1.62 bits per heavy atom. The molecule has 1 aromatic rings. The molecular formula is C8H16ClN3O. The predicted octanol–water partition coefficient (Wildman–Crippen LogP) is 0.264. The number of hydrogen-bond donors (Lipinski definition) is 1. The number of halogens is 1. The quantitative estimate of drug-likeness (QED) is 0.754. The summed E-state index contributed by atoms with van der Waals surface area (Å²) in [5.41, 5.74) is 6.58. The molecule has 0 saturated carbocycles. The van der Waals surface area contributed by atoms with E-state index in [4.69, 9.17) is 5.73 Å². The topological polar surface area (TPSA) is 52.9 Å². The summed E-state index contributed by atoms with van der Waals surface area (Å²) < 4.78 is 3.46. The first kappa shape index (κ1) is 12.3. The van der Waals surface area contributed by atoms with E-state index in [0.717, 1.165) is 5.69 Å². The molecule has 0 amide bonds. The first-order valence-corrected chi connectivity index (χ1v) is 4.01. The van der Waals surface area contributed by atoms with Gasteiger partial charge < -0.3 is 5.73 Å². The fourth-order valence-corrected chi connectivity index (χ4v) is 1.17. The Bertz CT molecular complexity index is 327. The van der Waals surface area contributed by atoms with Gasteiger partial charge in [0.1, 0.15) is 0 Å². The number of aryl methyl sites for hydroxylation is 1. The summed E-state index contributed by atoms with van der Waals surface area (Å²) in [5.74, 6) is 0. The Morgan fingerprint density at radius 3 is 2.46 bits per heavy atom. The zero-order chi connectivity index (χ0) is 9.30. The van der Waals surface area contributed by atoms with E-state index >= 15 is 0 Å². The number of hydrogen-bond acceptors (Lipinski definition) is 2. The summed E-state index contributed by atoms with van der Waals surface area (Å²) in [5, 5.41) is 0. The molecule has 0 aliphatic heterocycles. The summed E-state index contributed by atoms with van der Waals surface area (Å²) in [6.07, 6.45) is 0. The van der Waals surface area contributed by atoms with Crippen molar-refractivity contribution in [3.63, 3.8) is 0 Å². The second-order valence-electron chi connectivity index (χ2n) is 3.21. The highest BCUT2D eigenvalue weighted by atomic mass is 35.5. The van der Waals surface area contributed by atoms with E-state index in [-0.39, 0.29) is 24.0 Å². The Kier molecular flexibility index (Phi) is 4.23. The fourth-order valence-electron chi connectivity index (χ4n) is 1.17. The SMILES string of the molecule is Cc1cc(=O)n(CC(C)N)n1C.Cl. The maximum atomic E-state index is 11.3. The Hall–Kier alpha value is -0.740. The van der Waals surface area contributed by atoms with E-state index in [1.165, 1.54) is 0 Å². The van der Waals surface area contributed by atoms with Crippen LogP contribution in [0.4, 0.5) is 0 Å². The van der Waals surface area contributed by atoms with Crippen molar-refractivity contribution in [3.8, 4) is 0 Å². The lowest BCUT2D eigenvalue weighted by molar-refractivity contribution is 0.449. The van der Waals surface area contributed by atoms with Crippen LogP contribution in [0.2, 0.25) is 0 Å². The van der Waals surface area contributed by atoms with Crippen LogP contribution in [0, 0.1) is 6.92 Å². The molecule has 13 heavy (non-hydrogen) atoms. The molecule has 1 heterocycles. The summed E-state index contributed by atoms with van der Waals surface area (Å²) in [6.45, 7) is 4.36. The van der Waals surface area contributed by atoms with E-state index in [1.54, 1.807) is 10.7 Å². The minimum atomic E-state index is 0. The van der Waals surface area contributed by atoms with Crippen LogP contribution in [-0.2, 0) is 13.6 Å². The van der Waals surface area contributed by atoms with Crippen LogP contribution >= 0.6 is 12.4 Å². The molecule has 1 atom stereocenters. The van der Waals surface area contributed by atoms with E-state index < -0.39 is 0 Å². The maximum absolute atomic E-state index is 11.3. The molecule has 1 unspecified atom stereocenters. The lowest BCUT2D eigenvalue weighted by Crippen LogP contribution is -2.31. The van der Waals surface area contributed by atoms with E-state index in [1.807, 2.05) is 25.6 Å². The number of rotatable bonds is 2. The largest absolute Gasteiger partial charge is 0.326 e. The molecule has 76 valence electrons. The first-order chi connectivity index (χ1) is 5.52. The van der Waals surface area contributed by atoms with Gasteiger partial charge in [-0.15, -0.1) is 12.4 Å². The Labute approximate surface area is 83.7 Å². The van der Waals surface area contributed by atoms with Gasteiger partial charge in [-0.2, -0.15) is 0 Å². The normalized spacial score (nSPS) is 12.3. The molecule has 0 bridgehead atoms. The Balaban J connectivity index is 0.00000144. The van der Waals surface area contributed by atoms with Crippen LogP contribution in [0.25, 0.3) is 0 Å². The predicted molar refractivity (Wildman–Crippen MR) is 55.3 cm³/mol. The summed E-state index contributed by atoms with van der Waals surface area (Å²) >= 11 is 0. The van der Waals surface area contributed by atoms with Gasteiger partial charge in [0.05, 0.1) is 6.54 Å². The molecule has 4 nitrogen and oxygen atoms in total. The Morgan fingerprint density at radius 2 is 2.15 bits per heavy atom. The summed E-state index contributed by atoms with van der Waals surface area (Å²) in [6, 6.07) is 1.62. The van der Waals surface area contributed by atoms with Gasteiger partial charge in [0.15, 0.2) is 0 Å². The van der Waals surface area contributed by atoms with Crippen molar-refractivity contribution in [2.75, 3.05) is 0 Å². The number of aromatic nitrogens is 2. The van der Waals surface area contributed by atoms with Gasteiger partial charge in [-0.1, -0.05) is 0 Å². The number of nitrogens with zero attached hydrogens (tertiary/aromatic N) is 2. The molecule has 2 N–H and O–H groups in total. The molecule has 0 aromatic carbocycles. The lowest BCUT2D eigenvalue weighted by Gasteiger charge is -2.10. The average molecular weight is 206 g/mol. The van der Waals surface area contributed by atoms with Gasteiger partial charge in [-0.25, -0.2) is 4.68 Å². The second-order valence-corrected chi connectivity index (χ2v) is 3.21. The summed E-state index contributed by atoms with van der Waals surface area (Å²) in [4.78, 5) is 11.3. The molecular weight excluding hydrogens is 190 g/mol. The van der Waals surface area contributed by atoms with E-state index in [0.29, 0.717) is 6.54 Å². The van der Waals surface area contributed by atoms with Crippen LogP contribution in [0.1, 0.15) is 12.6 Å². The van der Waals surface area contributed by atoms with Crippen LogP contribution in [0.15, 0.2) is 10.9 Å². The van der Waals surface area contributed by atoms with Gasteiger partial charge in [0.2, 0.25) is 0 Å². The van der Waals surface area contributed by atoms with Crippen LogP contribution < -0.4 is 11.3 Å². The van der Waals surface area contributed by atoms with Gasteiger partial charge in [-0.3, -0.25) is 9.48 Å². The average Bonchev–Trinajstić information content (AvgIpc) is 2.16. The van der Waals surface area contributed by atoms with Gasteiger partial charge in [0.25, 0.3) is 5.56 Å². The standard InChI is InChI=1S/C8H15N3O.ClH/c1-6(9)5-11-8(12)4-7(2)10(11)3;/h4,6H,5,9H2,1-3H3;1H. The smallest absolute Gasteiger partial charge is 0.266 e. The molecule has 0 spiro atoms. The highest BCUT2D eigenvalue weighted by Gasteiger charge is 2.05. The highest BCUT2D eigenvalue weighted by Crippen LogP contribution is 1.93. The van der Waals surface area contributed by atoms with Crippen LogP contribution in [-0.4, -0.2) is 15.4 Å². The molecule has 1 rings (SSSR count). The highest BCUT2D eigenvalue weighted by molar-refractivity contribution is 5.85. The molecule has 5 heteroatoms. The monoisotopic (exact) mass is 205 g/mol. The van der Waals surface area contributed by atoms with Crippen molar-refractivity contribution in [2.24, 2.45) is 12.8 Å². The number of nitrogens with two attached hydrogens (primary N) is 1. The molecule has 0 aliphatic carbocycles. The van der Waals surface area contributed by atoms with Crippen molar-refractivity contribution in [3.05, 3.63) is 22.1 Å². The minimum absolute atomic E-state index is 0. The van der Waals surface area contributed by atoms with Crippen molar-refractivity contribution >= 4 is 12.4 Å². The third kappa shape index (κ3) is 2.60. The molecule has 0 aliphatic rings. The van der Waals surface area contributed by atoms with Crippen molar-refractivity contribution in [2.45, 2.75) is 26.4 Å². The van der Waals surface area contributed by atoms with Crippen molar-refractivity contribution in [1.29, 1.82) is 0 Å². The second kappa shape index (κ2) is 4.48. The molecule has 0 radical (unpaired) electrons. The lowest BCUT2D eigenvalue weighted by atomic mass is 10.4. The van der Waals surface area contributed by atoms with E-state index in [9.17, 15) is 4.79 Å². The fraction of sp³-hybridized carbons (Fsp3) is 0.625. The van der Waals surface area contributed by atoms with Crippen LogP contribution in [0.3, 0.4) is 0 Å². The molecule has 0 saturated heterocycles. The third-order valence-corrected chi connectivity index (χ3v) is 1.92. The van der Waals surface area contributed by atoms with Crippen molar-refractivity contribution < 1.29 is 0 Å². The van der Waals surface area contributed by atoms with E-state index in [2.05, 4.69) is 0 Å². The minimum Gasteiger partial charge on any atom is -0.326 e. The maximum Gasteiger partial charge on any atom is 0.266 e. The van der Waals surface area contributed by atoms with Gasteiger partial charge in [0, 0.05) is 24.8 Å². The zero-order valence-corrected chi connectivity index (χ0v) is 8.97.